The Labute approximate surface area is 165 Å². The van der Waals surface area contributed by atoms with Crippen molar-refractivity contribution in [3.05, 3.63) is 82.7 Å². The van der Waals surface area contributed by atoms with Crippen LogP contribution in [-0.2, 0) is 7.05 Å². The van der Waals surface area contributed by atoms with Crippen LogP contribution in [0.5, 0.6) is 0 Å². The van der Waals surface area contributed by atoms with Crippen molar-refractivity contribution in [3.8, 4) is 11.3 Å². The predicted octanol–water partition coefficient (Wildman–Crippen LogP) is 3.50. The maximum Gasteiger partial charge on any atom is 0.269 e. The second kappa shape index (κ2) is 7.77. The van der Waals surface area contributed by atoms with Crippen LogP contribution in [0.2, 0.25) is 0 Å². The van der Waals surface area contributed by atoms with Crippen LogP contribution < -0.4 is 5.32 Å². The summed E-state index contributed by atoms with van der Waals surface area (Å²) in [7, 11) is 1.71. The van der Waals surface area contributed by atoms with E-state index in [1.807, 2.05) is 34.5 Å². The molecular weight excluding hydrogens is 377 g/mol. The van der Waals surface area contributed by atoms with Crippen LogP contribution in [0.25, 0.3) is 11.3 Å². The molecule has 1 amide bonds. The highest BCUT2D eigenvalue weighted by Gasteiger charge is 2.19. The number of hydrogen-bond acceptors (Lipinski definition) is 4. The fourth-order valence-electron chi connectivity index (χ4n) is 2.99. The molecule has 1 N–H and O–H groups in total. The van der Waals surface area contributed by atoms with Crippen LogP contribution in [0.15, 0.2) is 66.3 Å². The molecule has 4 aromatic rings. The average molecular weight is 395 g/mol. The van der Waals surface area contributed by atoms with Gasteiger partial charge in [0.25, 0.3) is 5.91 Å². The molecule has 28 heavy (non-hydrogen) atoms. The maximum absolute atomic E-state index is 13.1. The molecule has 142 valence electrons. The summed E-state index contributed by atoms with van der Waals surface area (Å²) >= 11 is 1.62. The lowest BCUT2D eigenvalue weighted by molar-refractivity contribution is 0.0940. The van der Waals surface area contributed by atoms with E-state index in [0.29, 0.717) is 17.9 Å². The fraction of sp³-hybridized carbons (Fsp3) is 0.150. The summed E-state index contributed by atoms with van der Waals surface area (Å²) in [5.41, 5.74) is 1.81. The zero-order valence-electron chi connectivity index (χ0n) is 15.1. The Morgan fingerprint density at radius 1 is 1.25 bits per heavy atom. The van der Waals surface area contributed by atoms with Crippen molar-refractivity contribution in [2.45, 2.75) is 6.04 Å². The Morgan fingerprint density at radius 3 is 2.75 bits per heavy atom. The third-order valence-corrected chi connectivity index (χ3v) is 5.40. The molecule has 0 aliphatic carbocycles. The summed E-state index contributed by atoms with van der Waals surface area (Å²) in [4.78, 5) is 13.9. The number of benzene rings is 1. The molecule has 3 aromatic heterocycles. The standard InChI is InChI=1S/C20H18FN5OS/c1-25-17(12-16(24-25)14-5-7-15(21)8-6-14)20(27)22-13-18(19-4-2-11-28-19)26-10-3-9-23-26/h2-12,18H,13H2,1H3,(H,22,27)/t18-/m0/s1. The summed E-state index contributed by atoms with van der Waals surface area (Å²) in [6.07, 6.45) is 3.60. The lowest BCUT2D eigenvalue weighted by atomic mass is 10.1. The number of nitrogens with one attached hydrogen (secondary N) is 1. The van der Waals surface area contributed by atoms with E-state index >= 15 is 0 Å². The van der Waals surface area contributed by atoms with E-state index in [-0.39, 0.29) is 17.8 Å². The first-order valence-electron chi connectivity index (χ1n) is 8.72. The Balaban J connectivity index is 1.51. The number of carbonyl (C=O) groups excluding carboxylic acids is 1. The number of halogens is 1. The highest BCUT2D eigenvalue weighted by molar-refractivity contribution is 7.10. The summed E-state index contributed by atoms with van der Waals surface area (Å²) in [5, 5.41) is 13.7. The van der Waals surface area contributed by atoms with Gasteiger partial charge in [0, 0.05) is 36.4 Å². The van der Waals surface area contributed by atoms with Gasteiger partial charge in [-0.25, -0.2) is 4.39 Å². The topological polar surface area (TPSA) is 64.7 Å². The Morgan fingerprint density at radius 2 is 2.07 bits per heavy atom. The number of nitrogens with zero attached hydrogens (tertiary/aromatic N) is 4. The number of amides is 1. The van der Waals surface area contributed by atoms with Crippen molar-refractivity contribution in [2.75, 3.05) is 6.54 Å². The third kappa shape index (κ3) is 3.72. The molecule has 0 aliphatic rings. The van der Waals surface area contributed by atoms with E-state index in [1.54, 1.807) is 42.8 Å². The second-order valence-corrected chi connectivity index (χ2v) is 7.25. The molecule has 0 spiro atoms. The van der Waals surface area contributed by atoms with Crippen LogP contribution in [0.1, 0.15) is 21.4 Å². The number of carbonyl (C=O) groups is 1. The number of aryl methyl sites for hydroxylation is 1. The summed E-state index contributed by atoms with van der Waals surface area (Å²) in [6.45, 7) is 0.401. The molecule has 3 heterocycles. The van der Waals surface area contributed by atoms with Crippen molar-refractivity contribution in [2.24, 2.45) is 7.05 Å². The number of aromatic nitrogens is 4. The minimum Gasteiger partial charge on any atom is -0.348 e. The molecule has 0 fully saturated rings. The zero-order valence-corrected chi connectivity index (χ0v) is 15.9. The first-order chi connectivity index (χ1) is 13.6. The molecule has 0 saturated heterocycles. The minimum atomic E-state index is -0.309. The molecular formula is C20H18FN5OS. The van der Waals surface area contributed by atoms with Gasteiger partial charge in [-0.1, -0.05) is 6.07 Å². The van der Waals surface area contributed by atoms with Crippen molar-refractivity contribution >= 4 is 17.2 Å². The largest absolute Gasteiger partial charge is 0.348 e. The van der Waals surface area contributed by atoms with Gasteiger partial charge >= 0.3 is 0 Å². The molecule has 0 aliphatic heterocycles. The van der Waals surface area contributed by atoms with E-state index in [2.05, 4.69) is 15.5 Å². The first kappa shape index (κ1) is 18.1. The third-order valence-electron chi connectivity index (χ3n) is 4.42. The molecule has 8 heteroatoms. The molecule has 1 atom stereocenters. The second-order valence-electron chi connectivity index (χ2n) is 6.27. The van der Waals surface area contributed by atoms with Gasteiger partial charge in [0.15, 0.2) is 0 Å². The van der Waals surface area contributed by atoms with Gasteiger partial charge in [-0.15, -0.1) is 11.3 Å². The first-order valence-corrected chi connectivity index (χ1v) is 9.60. The highest BCUT2D eigenvalue weighted by atomic mass is 32.1. The normalized spacial score (nSPS) is 12.1. The molecule has 0 saturated carbocycles. The Hall–Kier alpha value is -3.26. The number of rotatable bonds is 6. The Bertz CT molecular complexity index is 1020. The number of thiophene rings is 1. The average Bonchev–Trinajstić information content (AvgIpc) is 3.45. The van der Waals surface area contributed by atoms with Gasteiger partial charge in [-0.3, -0.25) is 14.2 Å². The highest BCUT2D eigenvalue weighted by Crippen LogP contribution is 2.23. The Kier molecular flexibility index (Phi) is 5.03. The fourth-order valence-corrected chi connectivity index (χ4v) is 3.81. The van der Waals surface area contributed by atoms with Gasteiger partial charge in [0.1, 0.15) is 17.6 Å². The molecule has 4 rings (SSSR count). The van der Waals surface area contributed by atoms with Gasteiger partial charge in [-0.05, 0) is 47.8 Å². The number of hydrogen-bond donors (Lipinski definition) is 1. The van der Waals surface area contributed by atoms with Gasteiger partial charge < -0.3 is 5.32 Å². The monoisotopic (exact) mass is 395 g/mol. The van der Waals surface area contributed by atoms with E-state index < -0.39 is 0 Å². The van der Waals surface area contributed by atoms with Gasteiger partial charge in [0.2, 0.25) is 0 Å². The molecule has 0 radical (unpaired) electrons. The summed E-state index contributed by atoms with van der Waals surface area (Å²) < 4.78 is 16.5. The van der Waals surface area contributed by atoms with Crippen LogP contribution in [0, 0.1) is 5.82 Å². The summed E-state index contributed by atoms with van der Waals surface area (Å²) in [6, 6.07) is 13.5. The van der Waals surface area contributed by atoms with E-state index in [9.17, 15) is 9.18 Å². The smallest absolute Gasteiger partial charge is 0.269 e. The van der Waals surface area contributed by atoms with E-state index in [1.165, 1.54) is 16.8 Å². The zero-order chi connectivity index (χ0) is 19.5. The molecule has 0 bridgehead atoms. The van der Waals surface area contributed by atoms with Crippen molar-refractivity contribution in [3.63, 3.8) is 0 Å². The van der Waals surface area contributed by atoms with Crippen LogP contribution >= 0.6 is 11.3 Å². The van der Waals surface area contributed by atoms with Crippen LogP contribution in [0.3, 0.4) is 0 Å². The SMILES string of the molecule is Cn1nc(-c2ccc(F)cc2)cc1C(=O)NC[C@@H](c1cccs1)n1cccn1. The molecule has 0 unspecified atom stereocenters. The van der Waals surface area contributed by atoms with Gasteiger partial charge in [-0.2, -0.15) is 10.2 Å². The molecule has 6 nitrogen and oxygen atoms in total. The van der Waals surface area contributed by atoms with Crippen LogP contribution in [-0.4, -0.2) is 32.0 Å². The van der Waals surface area contributed by atoms with Crippen molar-refractivity contribution in [1.82, 2.24) is 24.9 Å². The minimum absolute atomic E-state index is 0.0799. The quantitative estimate of drug-likeness (QED) is 0.543. The predicted molar refractivity (Wildman–Crippen MR) is 106 cm³/mol. The van der Waals surface area contributed by atoms with Crippen LogP contribution in [0.4, 0.5) is 4.39 Å². The lowest BCUT2D eigenvalue weighted by Gasteiger charge is -2.17. The van der Waals surface area contributed by atoms with Crippen molar-refractivity contribution < 1.29 is 9.18 Å². The molecule has 1 aromatic carbocycles. The van der Waals surface area contributed by atoms with E-state index in [4.69, 9.17) is 0 Å². The van der Waals surface area contributed by atoms with Gasteiger partial charge in [0.05, 0.1) is 5.69 Å². The maximum atomic E-state index is 13.1. The van der Waals surface area contributed by atoms with Crippen molar-refractivity contribution in [1.29, 1.82) is 0 Å². The lowest BCUT2D eigenvalue weighted by Crippen LogP contribution is -2.32. The summed E-state index contributed by atoms with van der Waals surface area (Å²) in [5.74, 6) is -0.534. The van der Waals surface area contributed by atoms with E-state index in [0.717, 1.165) is 10.4 Å².